The van der Waals surface area contributed by atoms with Crippen molar-refractivity contribution < 1.29 is 67.0 Å². The summed E-state index contributed by atoms with van der Waals surface area (Å²) >= 11 is 1.87. The van der Waals surface area contributed by atoms with Crippen LogP contribution in [0.15, 0.2) is 64.3 Å². The van der Waals surface area contributed by atoms with Crippen LogP contribution >= 0.6 is 11.8 Å². The second-order valence-corrected chi connectivity index (χ2v) is 20.9. The fourth-order valence-corrected chi connectivity index (χ4v) is 11.6. The smallest absolute Gasteiger partial charge is 0.408 e. The van der Waals surface area contributed by atoms with Crippen LogP contribution in [0.5, 0.6) is 0 Å². The monoisotopic (exact) mass is 924 g/mol. The first kappa shape index (κ1) is 48.7. The highest BCUT2D eigenvalue weighted by Crippen LogP contribution is 2.64. The van der Waals surface area contributed by atoms with Crippen LogP contribution in [-0.4, -0.2) is 137 Å². The first-order valence-electron chi connectivity index (χ1n) is 22.6. The molecule has 1 aromatic carbocycles. The van der Waals surface area contributed by atoms with E-state index in [-0.39, 0.29) is 43.2 Å². The molecule has 2 bridgehead atoms. The van der Waals surface area contributed by atoms with Crippen molar-refractivity contribution in [2.75, 3.05) is 44.4 Å². The molecule has 4 fully saturated rings. The second kappa shape index (κ2) is 18.8. The standard InChI is InChI=1S/C48H64N2O14S/c1-9-33(51)63-47-27-60-32(47)17-18-46(8)38(47)40(62-41(54)29-14-11-10-12-15-29)48(57)26-31(61-42(55)36(52)35(30-16-13-22-58-30)49-43(56)64-44(3,4)5)28(2)34(45(48,6)7)37(39(46)53)59-23-19-50-20-24-65-25-21-50/h10-16,22,31-32,35-38,40,52,57H,9,17-21,23-27H2,1-8H3,(H,49,56)/t31-,32+,35-,36+,37+,38-,40-,46+,47-,48+/m0/s1. The Kier molecular flexibility index (Phi) is 14.1. The lowest BCUT2D eigenvalue weighted by atomic mass is 9.45. The van der Waals surface area contributed by atoms with Gasteiger partial charge in [0, 0.05) is 54.8 Å². The Bertz CT molecular complexity index is 2120. The Morgan fingerprint density at radius 1 is 1.03 bits per heavy atom. The van der Waals surface area contributed by atoms with Crippen LogP contribution in [0.25, 0.3) is 0 Å². The molecule has 0 spiro atoms. The van der Waals surface area contributed by atoms with Gasteiger partial charge in [-0.2, -0.15) is 11.8 Å². The number of benzene rings is 1. The molecule has 1 amide bonds. The number of rotatable bonds is 13. The number of fused-ring (bicyclic) bond motifs is 5. The molecule has 3 N–H and O–H groups in total. The van der Waals surface area contributed by atoms with Gasteiger partial charge in [-0.3, -0.25) is 14.5 Å². The summed E-state index contributed by atoms with van der Waals surface area (Å²) < 4.78 is 43.0. The van der Waals surface area contributed by atoms with Crippen LogP contribution in [-0.2, 0) is 42.8 Å². The normalized spacial score (nSPS) is 32.0. The summed E-state index contributed by atoms with van der Waals surface area (Å²) in [7, 11) is 0. The molecule has 0 unspecified atom stereocenters. The molecule has 2 saturated carbocycles. The number of furan rings is 1. The maximum Gasteiger partial charge on any atom is 0.408 e. The lowest BCUT2D eigenvalue weighted by Gasteiger charge is -2.66. The molecular weight excluding hydrogens is 861 g/mol. The minimum Gasteiger partial charge on any atom is -0.467 e. The summed E-state index contributed by atoms with van der Waals surface area (Å²) in [4.78, 5) is 73.5. The summed E-state index contributed by atoms with van der Waals surface area (Å²) in [5, 5.41) is 28.2. The van der Waals surface area contributed by atoms with E-state index in [2.05, 4.69) is 10.2 Å². The minimum atomic E-state index is -2.18. The zero-order valence-corrected chi connectivity index (χ0v) is 39.4. The van der Waals surface area contributed by atoms with Crippen LogP contribution in [0.1, 0.15) is 103 Å². The molecule has 3 heterocycles. The third-order valence-corrected chi connectivity index (χ3v) is 15.1. The number of carbonyl (C=O) groups excluding carboxylic acids is 5. The van der Waals surface area contributed by atoms with Crippen molar-refractivity contribution >= 4 is 41.5 Å². The average molecular weight is 925 g/mol. The number of thioether (sulfide) groups is 1. The van der Waals surface area contributed by atoms with Crippen molar-refractivity contribution in [1.82, 2.24) is 10.2 Å². The third-order valence-electron chi connectivity index (χ3n) is 14.2. The Labute approximate surface area is 384 Å². The van der Waals surface area contributed by atoms with Crippen LogP contribution < -0.4 is 5.32 Å². The molecule has 3 aliphatic carbocycles. The zero-order valence-electron chi connectivity index (χ0n) is 38.6. The highest BCUT2D eigenvalue weighted by Gasteiger charge is 2.76. The Balaban J connectivity index is 1.36. The summed E-state index contributed by atoms with van der Waals surface area (Å²) in [5.41, 5.74) is -6.59. The van der Waals surface area contributed by atoms with Crippen molar-refractivity contribution in [2.24, 2.45) is 16.7 Å². The number of ether oxygens (including phenoxy) is 6. The largest absolute Gasteiger partial charge is 0.467 e. The predicted octanol–water partition coefficient (Wildman–Crippen LogP) is 5.35. The maximum atomic E-state index is 15.9. The molecule has 16 nitrogen and oxygen atoms in total. The van der Waals surface area contributed by atoms with E-state index in [1.165, 1.54) is 18.4 Å². The van der Waals surface area contributed by atoms with Crippen molar-refractivity contribution in [3.05, 3.63) is 71.2 Å². The lowest BCUT2D eigenvalue weighted by molar-refractivity contribution is -0.333. The first-order chi connectivity index (χ1) is 30.7. The lowest BCUT2D eigenvalue weighted by Crippen LogP contribution is -2.79. The molecule has 17 heteroatoms. The number of carbonyl (C=O) groups is 5. The van der Waals surface area contributed by atoms with Crippen LogP contribution in [0.4, 0.5) is 4.79 Å². The van der Waals surface area contributed by atoms with Crippen molar-refractivity contribution in [3.8, 4) is 0 Å². The topological polar surface area (TPSA) is 210 Å². The maximum absolute atomic E-state index is 15.9. The number of hydrogen-bond donors (Lipinski definition) is 3. The van der Waals surface area contributed by atoms with Gasteiger partial charge in [0.05, 0.1) is 31.0 Å². The Morgan fingerprint density at radius 2 is 1.74 bits per heavy atom. The summed E-state index contributed by atoms with van der Waals surface area (Å²) in [6, 6.07) is 9.76. The number of nitrogens with one attached hydrogen (secondary N) is 1. The van der Waals surface area contributed by atoms with Gasteiger partial charge in [0.15, 0.2) is 17.5 Å². The Hall–Kier alpha value is -4.26. The van der Waals surface area contributed by atoms with Gasteiger partial charge in [-0.15, -0.1) is 0 Å². The molecule has 7 rings (SSSR count). The van der Waals surface area contributed by atoms with Gasteiger partial charge in [0.1, 0.15) is 47.4 Å². The van der Waals surface area contributed by atoms with Crippen LogP contribution in [0.3, 0.4) is 0 Å². The van der Waals surface area contributed by atoms with E-state index in [9.17, 15) is 29.4 Å². The van der Waals surface area contributed by atoms with E-state index >= 15 is 4.79 Å². The number of Topliss-reactive ketones (excluding diaryl/α,β-unsaturated/α-hetero) is 1. The fraction of sp³-hybridized carbons (Fsp3) is 0.646. The highest BCUT2D eigenvalue weighted by atomic mass is 32.2. The van der Waals surface area contributed by atoms with E-state index in [0.29, 0.717) is 24.1 Å². The molecule has 356 valence electrons. The molecule has 5 aliphatic rings. The number of ketones is 1. The number of amides is 1. The number of esters is 3. The number of nitrogens with zero attached hydrogens (tertiary/aromatic N) is 1. The van der Waals surface area contributed by atoms with E-state index in [4.69, 9.17) is 32.8 Å². The minimum absolute atomic E-state index is 0.00500. The van der Waals surface area contributed by atoms with Gasteiger partial charge >= 0.3 is 24.0 Å². The molecule has 0 radical (unpaired) electrons. The predicted molar refractivity (Wildman–Crippen MR) is 237 cm³/mol. The molecule has 65 heavy (non-hydrogen) atoms. The summed E-state index contributed by atoms with van der Waals surface area (Å²) in [5.74, 6) is -2.15. The second-order valence-electron chi connectivity index (χ2n) is 19.6. The van der Waals surface area contributed by atoms with Crippen molar-refractivity contribution in [2.45, 2.75) is 134 Å². The zero-order chi connectivity index (χ0) is 47.1. The number of aliphatic hydroxyl groups excluding tert-OH is 1. The molecule has 2 aromatic rings. The SMILES string of the molecule is CCC(=O)O[C@@]12CO[C@@H]1CC[C@@]1(C)C(=O)[C@H](OCCN3CCSCC3)C3=C(C)[C@@H](OC(=O)[C@H](O)[C@@H](NC(=O)OC(C)(C)C)c4ccco4)C[C@@](O)([C@@H](OC(=O)c4ccccc4)[C@H]21)C3(C)C. The van der Waals surface area contributed by atoms with Crippen molar-refractivity contribution in [1.29, 1.82) is 0 Å². The van der Waals surface area contributed by atoms with Gasteiger partial charge in [-0.05, 0) is 75.9 Å². The van der Waals surface area contributed by atoms with Crippen LogP contribution in [0, 0.1) is 16.7 Å². The third kappa shape index (κ3) is 9.25. The number of alkyl carbamates (subject to hydrolysis) is 1. The van der Waals surface area contributed by atoms with Gasteiger partial charge in [-0.1, -0.05) is 45.9 Å². The number of hydrogen-bond acceptors (Lipinski definition) is 16. The van der Waals surface area contributed by atoms with Crippen LogP contribution in [0.2, 0.25) is 0 Å². The van der Waals surface area contributed by atoms with E-state index in [0.717, 1.165) is 24.6 Å². The molecule has 1 aromatic heterocycles. The molecule has 2 aliphatic heterocycles. The fourth-order valence-electron chi connectivity index (χ4n) is 10.6. The molecule has 2 saturated heterocycles. The van der Waals surface area contributed by atoms with E-state index in [1.54, 1.807) is 85.7 Å². The number of aliphatic hydroxyl groups is 2. The highest BCUT2D eigenvalue weighted by molar-refractivity contribution is 7.99. The summed E-state index contributed by atoms with van der Waals surface area (Å²) in [6.45, 7) is 15.8. The summed E-state index contributed by atoms with van der Waals surface area (Å²) in [6.07, 6.45) is -6.44. The van der Waals surface area contributed by atoms with Gasteiger partial charge in [0.2, 0.25) is 0 Å². The quantitative estimate of drug-likeness (QED) is 0.132. The molecule has 10 atom stereocenters. The average Bonchev–Trinajstić information content (AvgIpc) is 3.79. The van der Waals surface area contributed by atoms with Gasteiger partial charge < -0.3 is 48.4 Å². The molecular formula is C48H64N2O14S. The van der Waals surface area contributed by atoms with E-state index in [1.807, 2.05) is 11.8 Å². The van der Waals surface area contributed by atoms with E-state index < -0.39 is 101 Å². The Morgan fingerprint density at radius 3 is 2.35 bits per heavy atom. The van der Waals surface area contributed by atoms with Crippen molar-refractivity contribution in [3.63, 3.8) is 0 Å². The first-order valence-corrected chi connectivity index (χ1v) is 23.7. The van der Waals surface area contributed by atoms with Gasteiger partial charge in [0.25, 0.3) is 0 Å². The van der Waals surface area contributed by atoms with Gasteiger partial charge in [-0.25, -0.2) is 14.4 Å².